The lowest BCUT2D eigenvalue weighted by Gasteiger charge is -2.27. The number of aromatic nitrogens is 1. The van der Waals surface area contributed by atoms with Crippen LogP contribution in [0, 0.1) is 6.92 Å². The molecule has 0 aliphatic rings. The first kappa shape index (κ1) is 23.2. The number of hydrogen-bond donors (Lipinski definition) is 0. The number of hydrogen-bond acceptors (Lipinski definition) is 6. The van der Waals surface area contributed by atoms with Crippen LogP contribution in [0.1, 0.15) is 36.5 Å². The third kappa shape index (κ3) is 5.84. The zero-order valence-electron chi connectivity index (χ0n) is 18.2. The predicted molar refractivity (Wildman–Crippen MR) is 123 cm³/mol. The number of methoxy groups -OCH3 is 1. The van der Waals surface area contributed by atoms with Crippen molar-refractivity contribution in [1.29, 1.82) is 0 Å². The number of ether oxygens (including phenoxy) is 2. The lowest BCUT2D eigenvalue weighted by molar-refractivity contribution is 0.302. The van der Waals surface area contributed by atoms with Crippen molar-refractivity contribution in [3.05, 3.63) is 70.2 Å². The van der Waals surface area contributed by atoms with Gasteiger partial charge in [-0.15, -0.1) is 11.3 Å². The fraction of sp³-hybridized carbons (Fsp3) is 0.348. The van der Waals surface area contributed by atoms with Gasteiger partial charge in [0.2, 0.25) is 10.0 Å². The summed E-state index contributed by atoms with van der Waals surface area (Å²) in [6.07, 6.45) is 0.697. The second-order valence-corrected chi connectivity index (χ2v) is 10.2. The van der Waals surface area contributed by atoms with E-state index in [1.54, 1.807) is 31.4 Å². The maximum atomic E-state index is 13.3. The Bertz CT molecular complexity index is 1090. The minimum absolute atomic E-state index is 0.166. The monoisotopic (exact) mass is 460 g/mol. The highest BCUT2D eigenvalue weighted by atomic mass is 32.2. The van der Waals surface area contributed by atoms with E-state index < -0.39 is 10.0 Å². The highest BCUT2D eigenvalue weighted by Crippen LogP contribution is 2.25. The summed E-state index contributed by atoms with van der Waals surface area (Å²) >= 11 is 1.47. The standard InChI is InChI=1S/C23H28N2O4S2/c1-5-18(3)25(31(26,27)22-11-9-20(28-4)10-12-22)14-19-16-30-23(24-19)15-29-21-8-6-7-17(2)13-21/h6-13,16,18H,5,14-15H2,1-4H3/t18-/m0/s1. The molecule has 1 aromatic heterocycles. The van der Waals surface area contributed by atoms with Gasteiger partial charge in [0.25, 0.3) is 0 Å². The zero-order valence-corrected chi connectivity index (χ0v) is 19.9. The van der Waals surface area contributed by atoms with Crippen LogP contribution in [-0.2, 0) is 23.2 Å². The van der Waals surface area contributed by atoms with Crippen molar-refractivity contribution in [2.75, 3.05) is 7.11 Å². The Balaban J connectivity index is 1.75. The smallest absolute Gasteiger partial charge is 0.243 e. The van der Waals surface area contributed by atoms with Crippen molar-refractivity contribution in [1.82, 2.24) is 9.29 Å². The molecule has 1 atom stereocenters. The minimum Gasteiger partial charge on any atom is -0.497 e. The third-order valence-electron chi connectivity index (χ3n) is 5.02. The molecule has 6 nitrogen and oxygen atoms in total. The molecule has 0 N–H and O–H groups in total. The average molecular weight is 461 g/mol. The van der Waals surface area contributed by atoms with Crippen LogP contribution in [0.25, 0.3) is 0 Å². The lowest BCUT2D eigenvalue weighted by atomic mass is 10.2. The second-order valence-electron chi connectivity index (χ2n) is 7.32. The first-order chi connectivity index (χ1) is 14.8. The molecule has 166 valence electrons. The summed E-state index contributed by atoms with van der Waals surface area (Å²) in [6.45, 7) is 6.46. The van der Waals surface area contributed by atoms with Gasteiger partial charge in [-0.05, 0) is 62.2 Å². The van der Waals surface area contributed by atoms with Gasteiger partial charge in [0, 0.05) is 11.4 Å². The third-order valence-corrected chi connectivity index (χ3v) is 7.86. The largest absolute Gasteiger partial charge is 0.497 e. The predicted octanol–water partition coefficient (Wildman–Crippen LogP) is 5.03. The highest BCUT2D eigenvalue weighted by molar-refractivity contribution is 7.89. The summed E-state index contributed by atoms with van der Waals surface area (Å²) in [4.78, 5) is 4.85. The Morgan fingerprint density at radius 2 is 1.87 bits per heavy atom. The maximum Gasteiger partial charge on any atom is 0.243 e. The molecule has 2 aromatic carbocycles. The van der Waals surface area contributed by atoms with Crippen molar-refractivity contribution in [3.63, 3.8) is 0 Å². The van der Waals surface area contributed by atoms with Crippen LogP contribution in [0.4, 0.5) is 0 Å². The first-order valence-electron chi connectivity index (χ1n) is 10.1. The van der Waals surface area contributed by atoms with E-state index in [1.807, 2.05) is 50.4 Å². The number of thiazole rings is 1. The zero-order chi connectivity index (χ0) is 22.4. The molecule has 0 saturated heterocycles. The molecule has 0 saturated carbocycles. The topological polar surface area (TPSA) is 68.7 Å². The molecule has 31 heavy (non-hydrogen) atoms. The van der Waals surface area contributed by atoms with Crippen molar-refractivity contribution < 1.29 is 17.9 Å². The summed E-state index contributed by atoms with van der Waals surface area (Å²) in [7, 11) is -2.12. The van der Waals surface area contributed by atoms with E-state index >= 15 is 0 Å². The van der Waals surface area contributed by atoms with E-state index in [0.29, 0.717) is 24.5 Å². The molecule has 0 amide bonds. The fourth-order valence-corrected chi connectivity index (χ4v) is 5.43. The summed E-state index contributed by atoms with van der Waals surface area (Å²) in [5, 5.41) is 2.70. The molecular weight excluding hydrogens is 432 g/mol. The SMILES string of the molecule is CC[C@H](C)N(Cc1csc(COc2cccc(C)c2)n1)S(=O)(=O)c1ccc(OC)cc1. The van der Waals surface area contributed by atoms with E-state index in [0.717, 1.165) is 16.3 Å². The van der Waals surface area contributed by atoms with Gasteiger partial charge in [-0.25, -0.2) is 13.4 Å². The summed E-state index contributed by atoms with van der Waals surface area (Å²) < 4.78 is 39.1. The molecule has 0 aliphatic heterocycles. The van der Waals surface area contributed by atoms with Crippen LogP contribution in [0.5, 0.6) is 11.5 Å². The molecule has 0 spiro atoms. The van der Waals surface area contributed by atoms with Crippen LogP contribution >= 0.6 is 11.3 Å². The molecule has 8 heteroatoms. The quantitative estimate of drug-likeness (QED) is 0.424. The fourth-order valence-electron chi connectivity index (χ4n) is 3.06. The Labute approximate surface area is 188 Å². The van der Waals surface area contributed by atoms with E-state index in [2.05, 4.69) is 4.98 Å². The van der Waals surface area contributed by atoms with Gasteiger partial charge in [-0.3, -0.25) is 0 Å². The average Bonchev–Trinajstić information content (AvgIpc) is 3.23. The van der Waals surface area contributed by atoms with E-state index in [4.69, 9.17) is 9.47 Å². The van der Waals surface area contributed by atoms with Gasteiger partial charge in [0.1, 0.15) is 23.1 Å². The maximum absolute atomic E-state index is 13.3. The number of benzene rings is 2. The van der Waals surface area contributed by atoms with Crippen LogP contribution in [0.3, 0.4) is 0 Å². The Morgan fingerprint density at radius 1 is 1.13 bits per heavy atom. The molecule has 0 fully saturated rings. The number of nitrogens with zero attached hydrogens (tertiary/aromatic N) is 2. The molecule has 3 aromatic rings. The van der Waals surface area contributed by atoms with Crippen LogP contribution in [0.2, 0.25) is 0 Å². The molecule has 0 aliphatic carbocycles. The highest BCUT2D eigenvalue weighted by Gasteiger charge is 2.29. The lowest BCUT2D eigenvalue weighted by Crippen LogP contribution is -2.37. The summed E-state index contributed by atoms with van der Waals surface area (Å²) in [6, 6.07) is 14.1. The first-order valence-corrected chi connectivity index (χ1v) is 12.4. The van der Waals surface area contributed by atoms with Crippen molar-refractivity contribution in [2.24, 2.45) is 0 Å². The number of aryl methyl sites for hydroxylation is 1. The Hall–Kier alpha value is -2.42. The minimum atomic E-state index is -3.68. The van der Waals surface area contributed by atoms with E-state index in [9.17, 15) is 8.42 Å². The van der Waals surface area contributed by atoms with Gasteiger partial charge >= 0.3 is 0 Å². The molecule has 0 radical (unpaired) electrons. The van der Waals surface area contributed by atoms with Gasteiger partial charge < -0.3 is 9.47 Å². The van der Waals surface area contributed by atoms with Crippen LogP contribution in [-0.4, -0.2) is 30.9 Å². The summed E-state index contributed by atoms with van der Waals surface area (Å²) in [5.74, 6) is 1.41. The van der Waals surface area contributed by atoms with Crippen molar-refractivity contribution in [3.8, 4) is 11.5 Å². The Kier molecular flexibility index (Phi) is 7.69. The molecular formula is C23H28N2O4S2. The van der Waals surface area contributed by atoms with Crippen LogP contribution in [0.15, 0.2) is 58.8 Å². The van der Waals surface area contributed by atoms with E-state index in [-0.39, 0.29) is 17.5 Å². The van der Waals surface area contributed by atoms with Crippen molar-refractivity contribution in [2.45, 2.75) is 51.3 Å². The van der Waals surface area contributed by atoms with Crippen LogP contribution < -0.4 is 9.47 Å². The van der Waals surface area contributed by atoms with Gasteiger partial charge in [-0.1, -0.05) is 19.1 Å². The summed E-state index contributed by atoms with van der Waals surface area (Å²) in [5.41, 5.74) is 1.84. The molecule has 1 heterocycles. The number of rotatable bonds is 10. The second kappa shape index (κ2) is 10.3. The van der Waals surface area contributed by atoms with Gasteiger partial charge in [0.15, 0.2) is 0 Å². The van der Waals surface area contributed by atoms with Crippen molar-refractivity contribution >= 4 is 21.4 Å². The van der Waals surface area contributed by atoms with Gasteiger partial charge in [0.05, 0.1) is 24.2 Å². The Morgan fingerprint density at radius 3 is 2.52 bits per heavy atom. The molecule has 0 bridgehead atoms. The number of sulfonamides is 1. The normalized spacial score (nSPS) is 12.7. The van der Waals surface area contributed by atoms with E-state index in [1.165, 1.54) is 15.6 Å². The molecule has 0 unspecified atom stereocenters. The van der Waals surface area contributed by atoms with Gasteiger partial charge in [-0.2, -0.15) is 4.31 Å². The molecule has 3 rings (SSSR count).